The van der Waals surface area contributed by atoms with Crippen LogP contribution in [0.4, 0.5) is 4.39 Å². The van der Waals surface area contributed by atoms with Crippen molar-refractivity contribution < 1.29 is 23.8 Å². The number of ether oxygens (including phenoxy) is 1. The van der Waals surface area contributed by atoms with Gasteiger partial charge in [-0.2, -0.15) is 0 Å². The van der Waals surface area contributed by atoms with E-state index in [1.165, 1.54) is 23.3 Å². The van der Waals surface area contributed by atoms with Crippen LogP contribution in [0.1, 0.15) is 66.1 Å². The van der Waals surface area contributed by atoms with Crippen molar-refractivity contribution in [3.63, 3.8) is 0 Å². The molecule has 6 nitrogen and oxygen atoms in total. The lowest BCUT2D eigenvalue weighted by molar-refractivity contribution is 0.0375. The molecule has 1 amide bonds. The van der Waals surface area contributed by atoms with Crippen LogP contribution >= 0.6 is 0 Å². The third-order valence-corrected chi connectivity index (χ3v) is 9.22. The topological polar surface area (TPSA) is 75.7 Å². The van der Waals surface area contributed by atoms with Gasteiger partial charge in [-0.25, -0.2) is 17.5 Å². The highest BCUT2D eigenvalue weighted by molar-refractivity contribution is 7.90. The number of rotatable bonds is 11. The van der Waals surface area contributed by atoms with Gasteiger partial charge in [0.05, 0.1) is 24.0 Å². The van der Waals surface area contributed by atoms with Gasteiger partial charge in [-0.1, -0.05) is 60.7 Å². The first-order chi connectivity index (χ1) is 18.9. The Labute approximate surface area is 230 Å². The number of hydrogen-bond donors (Lipinski definition) is 1. The molecule has 1 heterocycles. The number of amides is 1. The van der Waals surface area contributed by atoms with Crippen LogP contribution in [-0.2, 0) is 10.0 Å². The van der Waals surface area contributed by atoms with Crippen LogP contribution in [0.2, 0.25) is 0 Å². The van der Waals surface area contributed by atoms with Crippen LogP contribution in [0.25, 0.3) is 0 Å². The van der Waals surface area contributed by atoms with Crippen LogP contribution in [0, 0.1) is 17.7 Å². The van der Waals surface area contributed by atoms with E-state index in [2.05, 4.69) is 53.4 Å². The molecule has 0 radical (unpaired) electrons. The van der Waals surface area contributed by atoms with E-state index in [0.717, 1.165) is 44.3 Å². The van der Waals surface area contributed by atoms with Gasteiger partial charge in [0, 0.05) is 26.5 Å². The fourth-order valence-electron chi connectivity index (χ4n) is 5.44. The van der Waals surface area contributed by atoms with Crippen LogP contribution in [0.15, 0.2) is 72.8 Å². The standard InChI is InChI=1S/C31H33FN2O4S.H2/c32-28-16-29(26(23-13-14-23)15-27(28)31(35)33-39(36,37)20-21-11-12-21)38-19-22-17-34(18-22)30(24-7-3-1-4-8-24)25-9-5-2-6-10-25;/h1-10,15-16,21-23,30H,11-14,17-20H2,(H,33,35);1H. The highest BCUT2D eigenvalue weighted by atomic mass is 32.2. The summed E-state index contributed by atoms with van der Waals surface area (Å²) in [5, 5.41) is 0. The van der Waals surface area contributed by atoms with Crippen LogP contribution < -0.4 is 9.46 Å². The molecule has 1 aliphatic heterocycles. The minimum Gasteiger partial charge on any atom is -0.493 e. The second kappa shape index (κ2) is 10.7. The Morgan fingerprint density at radius 1 is 0.949 bits per heavy atom. The summed E-state index contributed by atoms with van der Waals surface area (Å²) in [7, 11) is -3.78. The summed E-state index contributed by atoms with van der Waals surface area (Å²) in [6.07, 6.45) is 3.57. The molecular formula is C31H35FN2O4S. The van der Waals surface area contributed by atoms with Gasteiger partial charge in [-0.15, -0.1) is 0 Å². The molecule has 2 aliphatic carbocycles. The molecule has 0 unspecified atom stereocenters. The number of nitrogens with one attached hydrogen (secondary N) is 1. The average Bonchev–Trinajstić information content (AvgIpc) is 3.82. The summed E-state index contributed by atoms with van der Waals surface area (Å²) in [5.74, 6) is -0.727. The molecule has 0 bridgehead atoms. The Bertz CT molecular complexity index is 1400. The molecule has 3 aromatic rings. The van der Waals surface area contributed by atoms with E-state index in [-0.39, 0.29) is 30.6 Å². The number of carbonyl (C=O) groups excluding carboxylic acids is 1. The smallest absolute Gasteiger partial charge is 0.267 e. The number of sulfonamides is 1. The number of benzene rings is 3. The van der Waals surface area contributed by atoms with E-state index in [1.807, 2.05) is 16.9 Å². The van der Waals surface area contributed by atoms with Gasteiger partial charge >= 0.3 is 0 Å². The molecule has 8 heteroatoms. The number of carbonyl (C=O) groups is 1. The second-order valence-corrected chi connectivity index (χ2v) is 12.9. The van der Waals surface area contributed by atoms with Gasteiger partial charge in [0.25, 0.3) is 5.91 Å². The van der Waals surface area contributed by atoms with E-state index in [9.17, 15) is 13.2 Å². The molecule has 206 valence electrons. The maximum atomic E-state index is 15.0. The third kappa shape index (κ3) is 6.17. The number of likely N-dealkylation sites (tertiary alicyclic amines) is 1. The van der Waals surface area contributed by atoms with Crippen molar-refractivity contribution in [2.75, 3.05) is 25.4 Å². The Balaban J connectivity index is 0.00000323. The molecule has 1 saturated heterocycles. The van der Waals surface area contributed by atoms with Gasteiger partial charge in [0.2, 0.25) is 10.0 Å². The van der Waals surface area contributed by atoms with Crippen LogP contribution in [-0.4, -0.2) is 44.7 Å². The molecule has 2 saturated carbocycles. The fraction of sp³-hybridized carbons (Fsp3) is 0.387. The van der Waals surface area contributed by atoms with Crippen LogP contribution in [0.3, 0.4) is 0 Å². The molecule has 6 rings (SSSR count). The minimum atomic E-state index is -3.78. The largest absolute Gasteiger partial charge is 0.493 e. The lowest BCUT2D eigenvalue weighted by Gasteiger charge is -2.44. The minimum absolute atomic E-state index is 0. The zero-order chi connectivity index (χ0) is 27.0. The van der Waals surface area contributed by atoms with E-state index in [0.29, 0.717) is 18.3 Å². The SMILES string of the molecule is O=C(NS(=O)(=O)CC1CC1)c1cc(C2CC2)c(OCC2CN(C(c3ccccc3)c3ccccc3)C2)cc1F.[HH]. The van der Waals surface area contributed by atoms with Crippen molar-refractivity contribution in [2.24, 2.45) is 11.8 Å². The zero-order valence-corrected chi connectivity index (χ0v) is 22.6. The Morgan fingerprint density at radius 3 is 2.13 bits per heavy atom. The summed E-state index contributed by atoms with van der Waals surface area (Å²) < 4.78 is 47.8. The Kier molecular flexibility index (Phi) is 7.16. The second-order valence-electron chi connectivity index (χ2n) is 11.2. The first-order valence-electron chi connectivity index (χ1n) is 13.7. The Hall–Kier alpha value is -3.23. The molecule has 3 fully saturated rings. The molecule has 1 N–H and O–H groups in total. The normalized spacial score (nSPS) is 18.1. The maximum Gasteiger partial charge on any atom is 0.267 e. The van der Waals surface area contributed by atoms with E-state index in [4.69, 9.17) is 4.74 Å². The number of hydrogen-bond acceptors (Lipinski definition) is 5. The number of halogens is 1. The monoisotopic (exact) mass is 550 g/mol. The van der Waals surface area contributed by atoms with E-state index < -0.39 is 21.7 Å². The van der Waals surface area contributed by atoms with E-state index in [1.54, 1.807) is 0 Å². The average molecular weight is 551 g/mol. The van der Waals surface area contributed by atoms with Crippen molar-refractivity contribution in [3.8, 4) is 5.75 Å². The molecular weight excluding hydrogens is 515 g/mol. The quantitative estimate of drug-likeness (QED) is 0.340. The lowest BCUT2D eigenvalue weighted by atomic mass is 9.90. The summed E-state index contributed by atoms with van der Waals surface area (Å²) in [6.45, 7) is 2.16. The lowest BCUT2D eigenvalue weighted by Crippen LogP contribution is -2.51. The molecule has 3 aromatic carbocycles. The molecule has 3 aliphatic rings. The fourth-order valence-corrected chi connectivity index (χ4v) is 6.86. The predicted molar refractivity (Wildman–Crippen MR) is 150 cm³/mol. The van der Waals surface area contributed by atoms with Crippen molar-refractivity contribution in [2.45, 2.75) is 37.6 Å². The first kappa shape index (κ1) is 26.0. The highest BCUT2D eigenvalue weighted by Gasteiger charge is 2.36. The summed E-state index contributed by atoms with van der Waals surface area (Å²) in [5.41, 5.74) is 3.03. The van der Waals surface area contributed by atoms with Crippen LogP contribution in [0.5, 0.6) is 5.75 Å². The first-order valence-corrected chi connectivity index (χ1v) is 15.4. The van der Waals surface area contributed by atoms with Crippen molar-refractivity contribution in [3.05, 3.63) is 101 Å². The van der Waals surface area contributed by atoms with Crippen molar-refractivity contribution >= 4 is 15.9 Å². The van der Waals surface area contributed by atoms with E-state index >= 15 is 4.39 Å². The van der Waals surface area contributed by atoms with Gasteiger partial charge in [-0.3, -0.25) is 9.69 Å². The Morgan fingerprint density at radius 2 is 1.56 bits per heavy atom. The third-order valence-electron chi connectivity index (χ3n) is 7.82. The van der Waals surface area contributed by atoms with Crippen molar-refractivity contribution in [1.29, 1.82) is 0 Å². The zero-order valence-electron chi connectivity index (χ0n) is 21.8. The molecule has 39 heavy (non-hydrogen) atoms. The van der Waals surface area contributed by atoms with Crippen molar-refractivity contribution in [1.82, 2.24) is 9.62 Å². The summed E-state index contributed by atoms with van der Waals surface area (Å²) in [6, 6.07) is 23.8. The molecule has 0 atom stereocenters. The van der Waals surface area contributed by atoms with Gasteiger partial charge in [0.15, 0.2) is 0 Å². The summed E-state index contributed by atoms with van der Waals surface area (Å²) >= 11 is 0. The highest BCUT2D eigenvalue weighted by Crippen LogP contribution is 2.45. The van der Waals surface area contributed by atoms with Gasteiger partial charge in [0.1, 0.15) is 11.6 Å². The number of nitrogens with zero attached hydrogens (tertiary/aromatic N) is 1. The van der Waals surface area contributed by atoms with Gasteiger partial charge in [-0.05, 0) is 60.3 Å². The van der Waals surface area contributed by atoms with Gasteiger partial charge < -0.3 is 4.74 Å². The predicted octanol–water partition coefficient (Wildman–Crippen LogP) is 5.52. The molecule has 0 aromatic heterocycles. The summed E-state index contributed by atoms with van der Waals surface area (Å²) in [4.78, 5) is 15.1. The molecule has 0 spiro atoms. The maximum absolute atomic E-state index is 15.0.